The number of hydrogen-bond acceptors (Lipinski definition) is 10. The number of carbonyl (C=O) groups is 3. The summed E-state index contributed by atoms with van der Waals surface area (Å²) in [6.45, 7) is 4.63. The standard InChI is InChI=1S/C64H119O11P/c1-4-7-10-13-16-19-22-25-27-29-30-32-34-37-40-43-46-49-52-55-64(68)75-61(57-71-62(66)53-50-47-44-41-38-35-24-21-18-15-12-9-6-3)59-73-76(69,70)72-58-60(56-65)74-63(67)54-51-48-45-42-39-36-33-31-28-26-23-20-17-14-11-8-5-2/h12,15,21,24-25,27,60-61,65H,4-11,13-14,16-20,22-23,26,28-59H2,1-3H3,(H,69,70)/b15-12-,24-21-,27-25-. The maximum atomic E-state index is 12.9. The van der Waals surface area contributed by atoms with Crippen LogP contribution in [0.1, 0.15) is 316 Å². The molecular weight excluding hydrogens is 976 g/mol. The van der Waals surface area contributed by atoms with Crippen LogP contribution in [0.15, 0.2) is 36.5 Å². The number of carbonyl (C=O) groups excluding carboxylic acids is 3. The molecule has 0 aliphatic carbocycles. The van der Waals surface area contributed by atoms with Gasteiger partial charge in [0, 0.05) is 19.3 Å². The van der Waals surface area contributed by atoms with Crippen molar-refractivity contribution in [2.75, 3.05) is 26.4 Å². The summed E-state index contributed by atoms with van der Waals surface area (Å²) in [5, 5.41) is 9.85. The minimum atomic E-state index is -4.75. The molecule has 3 unspecified atom stereocenters. The van der Waals surface area contributed by atoms with Crippen LogP contribution >= 0.6 is 7.82 Å². The number of aliphatic hydroxyl groups is 1. The fourth-order valence-corrected chi connectivity index (χ4v) is 9.94. The van der Waals surface area contributed by atoms with Crippen LogP contribution in [0.3, 0.4) is 0 Å². The predicted octanol–water partition coefficient (Wildman–Crippen LogP) is 19.2. The number of phosphoric acid groups is 1. The Morgan fingerprint density at radius 2 is 0.671 bits per heavy atom. The molecule has 0 aliphatic rings. The van der Waals surface area contributed by atoms with Crippen molar-refractivity contribution in [3.8, 4) is 0 Å². The Hall–Kier alpha value is -2.30. The average Bonchev–Trinajstić information content (AvgIpc) is 3.41. The minimum Gasteiger partial charge on any atom is -0.462 e. The van der Waals surface area contributed by atoms with Crippen LogP contribution in [0.25, 0.3) is 0 Å². The van der Waals surface area contributed by atoms with Crippen molar-refractivity contribution in [1.82, 2.24) is 0 Å². The molecule has 0 aliphatic heterocycles. The van der Waals surface area contributed by atoms with Crippen molar-refractivity contribution in [3.05, 3.63) is 36.5 Å². The number of esters is 3. The highest BCUT2D eigenvalue weighted by molar-refractivity contribution is 7.47. The van der Waals surface area contributed by atoms with Gasteiger partial charge < -0.3 is 24.2 Å². The van der Waals surface area contributed by atoms with E-state index in [1.165, 1.54) is 173 Å². The highest BCUT2D eigenvalue weighted by Crippen LogP contribution is 2.43. The van der Waals surface area contributed by atoms with E-state index >= 15 is 0 Å². The molecule has 0 radical (unpaired) electrons. The van der Waals surface area contributed by atoms with Gasteiger partial charge in [0.2, 0.25) is 0 Å². The predicted molar refractivity (Wildman–Crippen MR) is 316 cm³/mol. The normalized spacial score (nSPS) is 13.5. The summed E-state index contributed by atoms with van der Waals surface area (Å²) in [6, 6.07) is 0. The van der Waals surface area contributed by atoms with Gasteiger partial charge in [0.05, 0.1) is 19.8 Å². The second-order valence-corrected chi connectivity index (χ2v) is 23.0. The fourth-order valence-electron chi connectivity index (χ4n) is 9.16. The van der Waals surface area contributed by atoms with Crippen LogP contribution in [0.5, 0.6) is 0 Å². The smallest absolute Gasteiger partial charge is 0.462 e. The van der Waals surface area contributed by atoms with E-state index in [4.69, 9.17) is 23.3 Å². The molecule has 0 fully saturated rings. The summed E-state index contributed by atoms with van der Waals surface area (Å²) in [4.78, 5) is 48.7. The second kappa shape index (κ2) is 58.8. The Morgan fingerprint density at radius 1 is 0.368 bits per heavy atom. The van der Waals surface area contributed by atoms with Gasteiger partial charge in [-0.3, -0.25) is 23.4 Å². The molecular formula is C64H119O11P. The van der Waals surface area contributed by atoms with Gasteiger partial charge in [-0.05, 0) is 70.6 Å². The lowest BCUT2D eigenvalue weighted by molar-refractivity contribution is -0.161. The molecule has 0 heterocycles. The molecule has 0 spiro atoms. The molecule has 12 heteroatoms. The SMILES string of the molecule is CCC/C=C\C/C=C\CCCCCCCC(=O)OCC(COP(=O)(O)OCC(CO)OC(=O)CCCCCCCCCCCCCCCCCCC)OC(=O)CCCCCCCCCCC/C=C\CCCCCCCC. The summed E-state index contributed by atoms with van der Waals surface area (Å²) in [6.07, 6.45) is 62.4. The number of aliphatic hydroxyl groups excluding tert-OH is 1. The first-order valence-corrected chi connectivity index (χ1v) is 33.4. The monoisotopic (exact) mass is 1090 g/mol. The third kappa shape index (κ3) is 56.4. The first-order chi connectivity index (χ1) is 37.2. The van der Waals surface area contributed by atoms with Crippen molar-refractivity contribution in [2.24, 2.45) is 0 Å². The first kappa shape index (κ1) is 73.7. The maximum absolute atomic E-state index is 12.9. The Kier molecular flexibility index (Phi) is 57.1. The summed E-state index contributed by atoms with van der Waals surface area (Å²) < 4.78 is 39.6. The Balaban J connectivity index is 4.64. The largest absolute Gasteiger partial charge is 0.472 e. The summed E-state index contributed by atoms with van der Waals surface area (Å²) >= 11 is 0. The lowest BCUT2D eigenvalue weighted by atomic mass is 10.0. The third-order valence-corrected chi connectivity index (χ3v) is 15.0. The van der Waals surface area contributed by atoms with E-state index < -0.39 is 57.8 Å². The highest BCUT2D eigenvalue weighted by Gasteiger charge is 2.28. The van der Waals surface area contributed by atoms with E-state index in [0.717, 1.165) is 83.5 Å². The lowest BCUT2D eigenvalue weighted by Crippen LogP contribution is -2.30. The minimum absolute atomic E-state index is 0.166. The molecule has 0 saturated carbocycles. The highest BCUT2D eigenvalue weighted by atomic mass is 31.2. The van der Waals surface area contributed by atoms with Gasteiger partial charge in [-0.25, -0.2) is 4.57 Å². The number of phosphoric ester groups is 1. The van der Waals surface area contributed by atoms with Crippen molar-refractivity contribution in [1.29, 1.82) is 0 Å². The lowest BCUT2D eigenvalue weighted by Gasteiger charge is -2.21. The van der Waals surface area contributed by atoms with E-state index in [-0.39, 0.29) is 25.9 Å². The van der Waals surface area contributed by atoms with Crippen LogP contribution in [-0.4, -0.2) is 66.5 Å². The maximum Gasteiger partial charge on any atom is 0.472 e. The molecule has 0 bridgehead atoms. The topological polar surface area (TPSA) is 155 Å². The molecule has 11 nitrogen and oxygen atoms in total. The summed E-state index contributed by atoms with van der Waals surface area (Å²) in [5.74, 6) is -1.46. The number of ether oxygens (including phenoxy) is 3. The van der Waals surface area contributed by atoms with Crippen LogP contribution in [0, 0.1) is 0 Å². The number of allylic oxidation sites excluding steroid dienone is 6. The van der Waals surface area contributed by atoms with E-state index in [2.05, 4.69) is 57.2 Å². The average molecular weight is 1100 g/mol. The summed E-state index contributed by atoms with van der Waals surface area (Å²) in [5.41, 5.74) is 0. The van der Waals surface area contributed by atoms with Gasteiger partial charge in [0.15, 0.2) is 6.10 Å². The molecule has 0 amide bonds. The first-order valence-electron chi connectivity index (χ1n) is 31.9. The van der Waals surface area contributed by atoms with Gasteiger partial charge in [-0.1, -0.05) is 263 Å². The quantitative estimate of drug-likeness (QED) is 0.0197. The van der Waals surface area contributed by atoms with E-state index in [9.17, 15) is 28.9 Å². The van der Waals surface area contributed by atoms with Crippen molar-refractivity contribution >= 4 is 25.7 Å². The van der Waals surface area contributed by atoms with Gasteiger partial charge in [0.25, 0.3) is 0 Å². The molecule has 0 aromatic carbocycles. The van der Waals surface area contributed by atoms with Gasteiger partial charge >= 0.3 is 25.7 Å². The van der Waals surface area contributed by atoms with E-state index in [0.29, 0.717) is 19.3 Å². The Bertz CT molecular complexity index is 1420. The van der Waals surface area contributed by atoms with Gasteiger partial charge in [-0.15, -0.1) is 0 Å². The Morgan fingerprint density at radius 3 is 1.04 bits per heavy atom. The van der Waals surface area contributed by atoms with Crippen molar-refractivity contribution in [2.45, 2.75) is 328 Å². The van der Waals surface area contributed by atoms with Crippen LogP contribution < -0.4 is 0 Å². The summed E-state index contributed by atoms with van der Waals surface area (Å²) in [7, 11) is -4.75. The van der Waals surface area contributed by atoms with Gasteiger partial charge in [0.1, 0.15) is 12.7 Å². The fraction of sp³-hybridized carbons (Fsp3) is 0.859. The zero-order valence-corrected chi connectivity index (χ0v) is 50.4. The molecule has 0 saturated heterocycles. The molecule has 2 N–H and O–H groups in total. The second-order valence-electron chi connectivity index (χ2n) is 21.6. The van der Waals surface area contributed by atoms with Gasteiger partial charge in [-0.2, -0.15) is 0 Å². The zero-order chi connectivity index (χ0) is 55.5. The number of rotatable bonds is 60. The van der Waals surface area contributed by atoms with Crippen LogP contribution in [0.4, 0.5) is 0 Å². The molecule has 0 rings (SSSR count). The molecule has 3 atom stereocenters. The zero-order valence-electron chi connectivity index (χ0n) is 49.5. The molecule has 446 valence electrons. The third-order valence-electron chi connectivity index (χ3n) is 14.0. The number of unbranched alkanes of at least 4 members (excludes halogenated alkanes) is 37. The molecule has 0 aromatic heterocycles. The van der Waals surface area contributed by atoms with E-state index in [1.54, 1.807) is 0 Å². The molecule has 76 heavy (non-hydrogen) atoms. The Labute approximate surface area is 467 Å². The van der Waals surface area contributed by atoms with Crippen LogP contribution in [-0.2, 0) is 42.2 Å². The number of hydrogen-bond donors (Lipinski definition) is 2. The van der Waals surface area contributed by atoms with Crippen molar-refractivity contribution < 1.29 is 52.2 Å². The van der Waals surface area contributed by atoms with Crippen LogP contribution in [0.2, 0.25) is 0 Å². The van der Waals surface area contributed by atoms with E-state index in [1.807, 2.05) is 0 Å². The van der Waals surface area contributed by atoms with Crippen molar-refractivity contribution in [3.63, 3.8) is 0 Å². The molecule has 0 aromatic rings.